The summed E-state index contributed by atoms with van der Waals surface area (Å²) in [6.45, 7) is 0.492. The van der Waals surface area contributed by atoms with Crippen molar-refractivity contribution in [3.8, 4) is 0 Å². The number of fused-ring (bicyclic) bond motifs is 1. The minimum atomic E-state index is -1.60. The molecule has 0 radical (unpaired) electrons. The molecule has 2 N–H and O–H groups in total. The Morgan fingerprint density at radius 2 is 1.82 bits per heavy atom. The Hall–Kier alpha value is -3.43. The van der Waals surface area contributed by atoms with Gasteiger partial charge in [0, 0.05) is 43.3 Å². The molecule has 2 aromatic heterocycles. The van der Waals surface area contributed by atoms with Gasteiger partial charge in [0.15, 0.2) is 23.1 Å². The first-order chi connectivity index (χ1) is 13.4. The number of carbonyl (C=O) groups excluding carboxylic acids is 2. The van der Waals surface area contributed by atoms with Gasteiger partial charge in [0.1, 0.15) is 11.2 Å². The highest BCUT2D eigenvalue weighted by Crippen LogP contribution is 2.23. The van der Waals surface area contributed by atoms with Crippen molar-refractivity contribution in [1.29, 1.82) is 0 Å². The Bertz CT molecular complexity index is 1030. The third-order valence-electron chi connectivity index (χ3n) is 4.59. The molecule has 7 nitrogen and oxygen atoms in total. The van der Waals surface area contributed by atoms with Crippen LogP contribution in [0.3, 0.4) is 0 Å². The van der Waals surface area contributed by atoms with Gasteiger partial charge in [-0.2, -0.15) is 0 Å². The third kappa shape index (κ3) is 3.28. The largest absolute Gasteiger partial charge is 0.337 e. The SMILES string of the molecule is O=C(Nc1cc(F)c(F)c(F)c1)[C@H]1CCN(C(=O)c2cc3nccnc3[nH]2)C1. The molecule has 10 heteroatoms. The van der Waals surface area contributed by atoms with Crippen LogP contribution in [0.2, 0.25) is 0 Å². The number of anilines is 1. The summed E-state index contributed by atoms with van der Waals surface area (Å²) >= 11 is 0. The molecule has 0 aliphatic carbocycles. The number of amides is 2. The van der Waals surface area contributed by atoms with Crippen molar-refractivity contribution in [1.82, 2.24) is 19.9 Å². The first-order valence-electron chi connectivity index (χ1n) is 8.47. The zero-order chi connectivity index (χ0) is 19.8. The van der Waals surface area contributed by atoms with Crippen molar-refractivity contribution >= 4 is 28.7 Å². The van der Waals surface area contributed by atoms with Crippen LogP contribution in [0, 0.1) is 23.4 Å². The Morgan fingerprint density at radius 3 is 2.54 bits per heavy atom. The molecule has 1 aromatic carbocycles. The summed E-state index contributed by atoms with van der Waals surface area (Å²) in [5, 5.41) is 2.36. The maximum atomic E-state index is 13.3. The van der Waals surface area contributed by atoms with E-state index in [4.69, 9.17) is 0 Å². The lowest BCUT2D eigenvalue weighted by atomic mass is 10.1. The highest BCUT2D eigenvalue weighted by Gasteiger charge is 2.32. The van der Waals surface area contributed by atoms with E-state index in [1.54, 1.807) is 6.07 Å². The number of carbonyl (C=O) groups is 2. The number of hydrogen-bond donors (Lipinski definition) is 2. The van der Waals surface area contributed by atoms with E-state index in [9.17, 15) is 22.8 Å². The summed E-state index contributed by atoms with van der Waals surface area (Å²) in [6.07, 6.45) is 3.41. The molecule has 1 saturated heterocycles. The van der Waals surface area contributed by atoms with Crippen molar-refractivity contribution in [3.63, 3.8) is 0 Å². The average molecular weight is 389 g/mol. The summed E-state index contributed by atoms with van der Waals surface area (Å²) < 4.78 is 39.6. The second-order valence-electron chi connectivity index (χ2n) is 6.45. The number of nitrogens with zero attached hydrogens (tertiary/aromatic N) is 3. The quantitative estimate of drug-likeness (QED) is 0.674. The number of hydrogen-bond acceptors (Lipinski definition) is 4. The lowest BCUT2D eigenvalue weighted by Gasteiger charge is -2.15. The third-order valence-corrected chi connectivity index (χ3v) is 4.59. The summed E-state index contributed by atoms with van der Waals surface area (Å²) in [5.74, 6) is -5.73. The van der Waals surface area contributed by atoms with Crippen molar-refractivity contribution in [2.24, 2.45) is 5.92 Å². The minimum Gasteiger partial charge on any atom is -0.337 e. The van der Waals surface area contributed by atoms with Gasteiger partial charge in [-0.1, -0.05) is 0 Å². The van der Waals surface area contributed by atoms with Gasteiger partial charge in [0.2, 0.25) is 5.91 Å². The molecule has 4 rings (SSSR count). The van der Waals surface area contributed by atoms with E-state index in [2.05, 4.69) is 20.3 Å². The van der Waals surface area contributed by atoms with Gasteiger partial charge in [-0.25, -0.2) is 18.2 Å². The molecule has 0 bridgehead atoms. The Labute approximate surface area is 156 Å². The molecule has 3 heterocycles. The van der Waals surface area contributed by atoms with E-state index >= 15 is 0 Å². The molecule has 1 fully saturated rings. The second-order valence-corrected chi connectivity index (χ2v) is 6.45. The number of rotatable bonds is 3. The first kappa shape index (κ1) is 18.0. The molecule has 0 unspecified atom stereocenters. The summed E-state index contributed by atoms with van der Waals surface area (Å²) in [7, 11) is 0. The van der Waals surface area contributed by atoms with E-state index in [0.29, 0.717) is 42.0 Å². The number of likely N-dealkylation sites (tertiary alicyclic amines) is 1. The maximum absolute atomic E-state index is 13.3. The van der Waals surface area contributed by atoms with Gasteiger partial charge < -0.3 is 15.2 Å². The van der Waals surface area contributed by atoms with Crippen LogP contribution >= 0.6 is 0 Å². The van der Waals surface area contributed by atoms with Crippen molar-refractivity contribution in [3.05, 3.63) is 53.7 Å². The van der Waals surface area contributed by atoms with Gasteiger partial charge in [-0.3, -0.25) is 14.6 Å². The summed E-state index contributed by atoms with van der Waals surface area (Å²) in [6, 6.07) is 3.00. The van der Waals surface area contributed by atoms with E-state index in [1.807, 2.05) is 0 Å². The lowest BCUT2D eigenvalue weighted by molar-refractivity contribution is -0.119. The van der Waals surface area contributed by atoms with Gasteiger partial charge in [-0.15, -0.1) is 0 Å². The van der Waals surface area contributed by atoms with Crippen molar-refractivity contribution in [2.45, 2.75) is 6.42 Å². The van der Waals surface area contributed by atoms with E-state index in [0.717, 1.165) is 0 Å². The minimum absolute atomic E-state index is 0.146. The van der Waals surface area contributed by atoms with Gasteiger partial charge in [0.25, 0.3) is 5.91 Å². The van der Waals surface area contributed by atoms with E-state index in [-0.39, 0.29) is 18.1 Å². The van der Waals surface area contributed by atoms with Crippen LogP contribution < -0.4 is 5.32 Å². The normalized spacial score (nSPS) is 16.5. The number of aromatic amines is 1. The fourth-order valence-electron chi connectivity index (χ4n) is 3.17. The smallest absolute Gasteiger partial charge is 0.270 e. The fourth-order valence-corrected chi connectivity index (χ4v) is 3.17. The molecule has 3 aromatic rings. The zero-order valence-electron chi connectivity index (χ0n) is 14.4. The Balaban J connectivity index is 1.43. The summed E-state index contributed by atoms with van der Waals surface area (Å²) in [5.41, 5.74) is 1.17. The monoisotopic (exact) mass is 389 g/mol. The van der Waals surface area contributed by atoms with Crippen molar-refractivity contribution in [2.75, 3.05) is 18.4 Å². The second kappa shape index (κ2) is 6.95. The number of H-pyrrole nitrogens is 1. The molecule has 2 amide bonds. The van der Waals surface area contributed by atoms with Gasteiger partial charge in [-0.05, 0) is 12.5 Å². The Kier molecular flexibility index (Phi) is 4.46. The van der Waals surface area contributed by atoms with Gasteiger partial charge in [0.05, 0.1) is 5.92 Å². The molecule has 28 heavy (non-hydrogen) atoms. The highest BCUT2D eigenvalue weighted by atomic mass is 19.2. The average Bonchev–Trinajstić information content (AvgIpc) is 3.32. The molecule has 0 spiro atoms. The number of halogens is 3. The van der Waals surface area contributed by atoms with Gasteiger partial charge >= 0.3 is 0 Å². The Morgan fingerprint density at radius 1 is 1.11 bits per heavy atom. The lowest BCUT2D eigenvalue weighted by Crippen LogP contribution is -2.31. The van der Waals surface area contributed by atoms with Crippen LogP contribution in [0.15, 0.2) is 30.6 Å². The maximum Gasteiger partial charge on any atom is 0.270 e. The number of aromatic nitrogens is 3. The zero-order valence-corrected chi connectivity index (χ0v) is 14.4. The fraction of sp³-hybridized carbons (Fsp3) is 0.222. The molecular weight excluding hydrogens is 375 g/mol. The number of benzene rings is 1. The predicted octanol–water partition coefficient (Wildman–Crippen LogP) is 2.48. The van der Waals surface area contributed by atoms with E-state index in [1.165, 1.54) is 17.3 Å². The molecule has 1 aliphatic rings. The molecule has 0 saturated carbocycles. The summed E-state index contributed by atoms with van der Waals surface area (Å²) in [4.78, 5) is 37.6. The van der Waals surface area contributed by atoms with Crippen LogP contribution in [-0.4, -0.2) is 44.8 Å². The number of nitrogens with one attached hydrogen (secondary N) is 2. The first-order valence-corrected chi connectivity index (χ1v) is 8.47. The molecular formula is C18H14F3N5O2. The standard InChI is InChI=1S/C18H14F3N5O2/c19-11-5-10(6-12(20)15(11)21)24-17(27)9-1-4-26(8-9)18(28)14-7-13-16(25-14)23-3-2-22-13/h2-3,5-7,9H,1,4,8H2,(H,23,25)(H,24,27)/t9-/m0/s1. The van der Waals surface area contributed by atoms with E-state index < -0.39 is 29.3 Å². The van der Waals surface area contributed by atoms with Crippen molar-refractivity contribution < 1.29 is 22.8 Å². The highest BCUT2D eigenvalue weighted by molar-refractivity contribution is 5.98. The molecule has 144 valence electrons. The topological polar surface area (TPSA) is 91.0 Å². The van der Waals surface area contributed by atoms with Crippen LogP contribution in [-0.2, 0) is 4.79 Å². The van der Waals surface area contributed by atoms with Crippen LogP contribution in [0.25, 0.3) is 11.2 Å². The van der Waals surface area contributed by atoms with Crippen LogP contribution in [0.5, 0.6) is 0 Å². The molecule has 1 atom stereocenters. The van der Waals surface area contributed by atoms with Crippen LogP contribution in [0.4, 0.5) is 18.9 Å². The van der Waals surface area contributed by atoms with Crippen LogP contribution in [0.1, 0.15) is 16.9 Å². The predicted molar refractivity (Wildman–Crippen MR) is 92.8 cm³/mol. The molecule has 1 aliphatic heterocycles.